The number of imide groups is 1. The molecular formula is C18H28N3O2+. The number of piperidine rings is 1. The van der Waals surface area contributed by atoms with Crippen molar-refractivity contribution in [1.29, 1.82) is 0 Å². The van der Waals surface area contributed by atoms with E-state index < -0.39 is 6.03 Å². The normalized spacial score (nSPS) is 25.4. The molecular weight excluding hydrogens is 290 g/mol. The fourth-order valence-corrected chi connectivity index (χ4v) is 3.67. The van der Waals surface area contributed by atoms with Crippen molar-refractivity contribution < 1.29 is 14.5 Å². The average molecular weight is 318 g/mol. The number of hydrogen-bond donors (Lipinski definition) is 3. The highest BCUT2D eigenvalue weighted by Crippen LogP contribution is 2.17. The van der Waals surface area contributed by atoms with E-state index in [0.717, 1.165) is 18.7 Å². The SMILES string of the molecule is CCNC(=O)NC(=O)[C@@H](c1ccccc1)[NH+]1C[C@H](C)C[C@H](C)C1. The molecule has 0 aliphatic carbocycles. The molecule has 1 aliphatic rings. The number of nitrogens with one attached hydrogen (secondary N) is 3. The highest BCUT2D eigenvalue weighted by Gasteiger charge is 2.37. The Kier molecular flexibility index (Phi) is 6.16. The number of quaternary nitrogens is 1. The standard InChI is InChI=1S/C18H27N3O2/c1-4-19-18(23)20-17(22)16(15-8-6-5-7-9-15)21-11-13(2)10-14(3)12-21/h5-9,13-14,16H,4,10-12H2,1-3H3,(H2,19,20,22,23)/p+1/t13-,14+,16-/m1/s1. The molecule has 126 valence electrons. The molecule has 0 spiro atoms. The zero-order valence-corrected chi connectivity index (χ0v) is 14.3. The summed E-state index contributed by atoms with van der Waals surface area (Å²) in [5, 5.41) is 5.12. The number of urea groups is 1. The molecule has 1 saturated heterocycles. The highest BCUT2D eigenvalue weighted by atomic mass is 16.2. The van der Waals surface area contributed by atoms with Gasteiger partial charge < -0.3 is 10.2 Å². The molecule has 5 heteroatoms. The Morgan fingerprint density at radius 2 is 1.78 bits per heavy atom. The first kappa shape index (κ1) is 17.5. The first-order chi connectivity index (χ1) is 11.0. The monoisotopic (exact) mass is 318 g/mol. The molecule has 0 aromatic heterocycles. The van der Waals surface area contributed by atoms with Gasteiger partial charge in [-0.25, -0.2) is 4.79 Å². The summed E-state index contributed by atoms with van der Waals surface area (Å²) in [6, 6.07) is 9.01. The number of likely N-dealkylation sites (tertiary alicyclic amines) is 1. The molecule has 0 saturated carbocycles. The third-order valence-corrected chi connectivity index (χ3v) is 4.40. The first-order valence-corrected chi connectivity index (χ1v) is 8.49. The van der Waals surface area contributed by atoms with Crippen molar-refractivity contribution in [2.75, 3.05) is 19.6 Å². The smallest absolute Gasteiger partial charge is 0.321 e. The van der Waals surface area contributed by atoms with E-state index in [1.54, 1.807) is 0 Å². The molecule has 1 aromatic carbocycles. The Morgan fingerprint density at radius 3 is 2.35 bits per heavy atom. The van der Waals surface area contributed by atoms with Gasteiger partial charge in [0.2, 0.25) is 0 Å². The Balaban J connectivity index is 2.21. The fourth-order valence-electron chi connectivity index (χ4n) is 3.67. The molecule has 0 bridgehead atoms. The Labute approximate surface area is 138 Å². The maximum absolute atomic E-state index is 12.7. The molecule has 1 fully saturated rings. The molecule has 1 unspecified atom stereocenters. The lowest BCUT2D eigenvalue weighted by Gasteiger charge is -2.36. The molecule has 3 amide bonds. The lowest BCUT2D eigenvalue weighted by molar-refractivity contribution is -0.933. The zero-order chi connectivity index (χ0) is 16.8. The van der Waals surface area contributed by atoms with Crippen LogP contribution in [0.1, 0.15) is 38.8 Å². The molecule has 1 heterocycles. The maximum Gasteiger partial charge on any atom is 0.321 e. The Morgan fingerprint density at radius 1 is 1.17 bits per heavy atom. The summed E-state index contributed by atoms with van der Waals surface area (Å²) in [4.78, 5) is 25.7. The molecule has 1 aromatic rings. The van der Waals surface area contributed by atoms with Crippen LogP contribution in [0.5, 0.6) is 0 Å². The van der Waals surface area contributed by atoms with Gasteiger partial charge in [0.25, 0.3) is 5.91 Å². The van der Waals surface area contributed by atoms with Crippen LogP contribution >= 0.6 is 0 Å². The number of benzene rings is 1. The van der Waals surface area contributed by atoms with Gasteiger partial charge in [0, 0.05) is 23.9 Å². The molecule has 0 radical (unpaired) electrons. The average Bonchev–Trinajstić information content (AvgIpc) is 2.47. The minimum atomic E-state index is -0.420. The van der Waals surface area contributed by atoms with Gasteiger partial charge in [-0.05, 0) is 13.3 Å². The first-order valence-electron chi connectivity index (χ1n) is 8.49. The van der Waals surface area contributed by atoms with Crippen molar-refractivity contribution in [1.82, 2.24) is 10.6 Å². The van der Waals surface area contributed by atoms with Gasteiger partial charge in [-0.2, -0.15) is 0 Å². The second kappa shape index (κ2) is 8.11. The third-order valence-electron chi connectivity index (χ3n) is 4.40. The van der Waals surface area contributed by atoms with Gasteiger partial charge in [-0.3, -0.25) is 10.1 Å². The van der Waals surface area contributed by atoms with Crippen LogP contribution in [0.3, 0.4) is 0 Å². The van der Waals surface area contributed by atoms with Crippen LogP contribution in [-0.4, -0.2) is 31.6 Å². The largest absolute Gasteiger partial charge is 0.338 e. The van der Waals surface area contributed by atoms with E-state index in [1.165, 1.54) is 11.3 Å². The van der Waals surface area contributed by atoms with E-state index >= 15 is 0 Å². The lowest BCUT2D eigenvalue weighted by Crippen LogP contribution is -3.15. The van der Waals surface area contributed by atoms with E-state index in [9.17, 15) is 9.59 Å². The van der Waals surface area contributed by atoms with Crippen molar-refractivity contribution in [3.05, 3.63) is 35.9 Å². The van der Waals surface area contributed by atoms with Gasteiger partial charge >= 0.3 is 6.03 Å². The maximum atomic E-state index is 12.7. The summed E-state index contributed by atoms with van der Waals surface area (Å²) in [7, 11) is 0. The fraction of sp³-hybridized carbons (Fsp3) is 0.556. The summed E-state index contributed by atoms with van der Waals surface area (Å²) in [5.41, 5.74) is 0.964. The molecule has 3 N–H and O–H groups in total. The number of rotatable bonds is 4. The second-order valence-corrected chi connectivity index (χ2v) is 6.70. The summed E-state index contributed by atoms with van der Waals surface area (Å²) in [6.45, 7) is 8.70. The van der Waals surface area contributed by atoms with Crippen LogP contribution in [-0.2, 0) is 4.79 Å². The lowest BCUT2D eigenvalue weighted by atomic mass is 9.89. The minimum Gasteiger partial charge on any atom is -0.338 e. The van der Waals surface area contributed by atoms with E-state index in [0.29, 0.717) is 18.4 Å². The minimum absolute atomic E-state index is 0.224. The van der Waals surface area contributed by atoms with E-state index in [2.05, 4.69) is 24.5 Å². The topological polar surface area (TPSA) is 62.6 Å². The summed E-state index contributed by atoms with van der Waals surface area (Å²) < 4.78 is 0. The second-order valence-electron chi connectivity index (χ2n) is 6.70. The van der Waals surface area contributed by atoms with Crippen LogP contribution in [0.15, 0.2) is 30.3 Å². The highest BCUT2D eigenvalue weighted by molar-refractivity contribution is 5.96. The number of carbonyl (C=O) groups excluding carboxylic acids is 2. The van der Waals surface area contributed by atoms with Crippen molar-refractivity contribution >= 4 is 11.9 Å². The molecule has 1 aliphatic heterocycles. The predicted octanol–water partition coefficient (Wildman–Crippen LogP) is 1.13. The predicted molar refractivity (Wildman–Crippen MR) is 90.0 cm³/mol. The van der Waals surface area contributed by atoms with E-state index in [1.807, 2.05) is 37.3 Å². The van der Waals surface area contributed by atoms with Crippen LogP contribution in [0.2, 0.25) is 0 Å². The van der Waals surface area contributed by atoms with E-state index in [-0.39, 0.29) is 11.9 Å². The van der Waals surface area contributed by atoms with Crippen LogP contribution in [0.25, 0.3) is 0 Å². The van der Waals surface area contributed by atoms with Gasteiger partial charge in [-0.15, -0.1) is 0 Å². The zero-order valence-electron chi connectivity index (χ0n) is 14.3. The van der Waals surface area contributed by atoms with Crippen LogP contribution in [0.4, 0.5) is 4.79 Å². The summed E-state index contributed by atoms with van der Waals surface area (Å²) in [5.74, 6) is 0.938. The molecule has 23 heavy (non-hydrogen) atoms. The third kappa shape index (κ3) is 4.79. The van der Waals surface area contributed by atoms with Gasteiger partial charge in [0.15, 0.2) is 6.04 Å². The molecule has 5 nitrogen and oxygen atoms in total. The summed E-state index contributed by atoms with van der Waals surface area (Å²) >= 11 is 0. The number of hydrogen-bond acceptors (Lipinski definition) is 2. The van der Waals surface area contributed by atoms with Gasteiger partial charge in [-0.1, -0.05) is 44.2 Å². The number of carbonyl (C=O) groups is 2. The summed E-state index contributed by atoms with van der Waals surface area (Å²) in [6.07, 6.45) is 1.20. The quantitative estimate of drug-likeness (QED) is 0.779. The Bertz CT molecular complexity index is 522. The molecule has 4 atom stereocenters. The van der Waals surface area contributed by atoms with Crippen molar-refractivity contribution in [3.8, 4) is 0 Å². The van der Waals surface area contributed by atoms with Crippen molar-refractivity contribution in [3.63, 3.8) is 0 Å². The Hall–Kier alpha value is -1.88. The van der Waals surface area contributed by atoms with Crippen molar-refractivity contribution in [2.45, 2.75) is 33.2 Å². The van der Waals surface area contributed by atoms with E-state index in [4.69, 9.17) is 0 Å². The van der Waals surface area contributed by atoms with Gasteiger partial charge in [0.05, 0.1) is 13.1 Å². The number of amides is 3. The molecule has 2 rings (SSSR count). The van der Waals surface area contributed by atoms with Crippen molar-refractivity contribution in [2.24, 2.45) is 11.8 Å². The van der Waals surface area contributed by atoms with Crippen LogP contribution < -0.4 is 15.5 Å². The van der Waals surface area contributed by atoms with Gasteiger partial charge in [0.1, 0.15) is 0 Å². The van der Waals surface area contributed by atoms with Crippen LogP contribution in [0, 0.1) is 11.8 Å².